The minimum atomic E-state index is -3.98. The standard InChI is InChI=1S/C34H42ClN3O6S/c1-22-7-6-14-34(20-36-32(40)44-34)30-13-15-33(30,3)21-38-16-5-4-8-24-17-27(35)11-9-26(24)19-43-29-12-10-25(18-28(29)38)31(39)37-45(41,42)23(22)2/h6,9-12,14,17-18,22-23,30H,4-5,7-8,13,15-16,19-21H2,1-3H3,(H,36,40)(H,37,39)/b14-6+/t22-,23?,30+,33?,34-/m0/s1. The number of nitrogens with one attached hydrogen (secondary N) is 2. The second-order valence-corrected chi connectivity index (χ2v) is 16.0. The zero-order chi connectivity index (χ0) is 32.0. The summed E-state index contributed by atoms with van der Waals surface area (Å²) in [7, 11) is -3.98. The first-order valence-corrected chi connectivity index (χ1v) is 17.8. The maximum Gasteiger partial charge on any atom is 0.408 e. The first kappa shape index (κ1) is 31.7. The van der Waals surface area contributed by atoms with E-state index < -0.39 is 32.9 Å². The molecule has 2 unspecified atom stereocenters. The maximum absolute atomic E-state index is 13.4. The number of fused-ring (bicyclic) bond motifs is 4. The van der Waals surface area contributed by atoms with Gasteiger partial charge in [-0.3, -0.25) is 4.79 Å². The molecule has 0 aromatic heterocycles. The summed E-state index contributed by atoms with van der Waals surface area (Å²) in [6.45, 7) is 7.77. The Balaban J connectivity index is 1.44. The molecule has 1 saturated carbocycles. The van der Waals surface area contributed by atoms with Gasteiger partial charge in [0.2, 0.25) is 10.0 Å². The van der Waals surface area contributed by atoms with Gasteiger partial charge in [-0.2, -0.15) is 0 Å². The summed E-state index contributed by atoms with van der Waals surface area (Å²) in [6, 6.07) is 11.0. The van der Waals surface area contributed by atoms with Gasteiger partial charge in [0.05, 0.1) is 17.5 Å². The van der Waals surface area contributed by atoms with Crippen LogP contribution >= 0.6 is 11.6 Å². The van der Waals surface area contributed by atoms with Crippen LogP contribution in [0.3, 0.4) is 0 Å². The number of aryl methyl sites for hydroxylation is 1. The number of halogens is 1. The number of nitrogens with zero attached hydrogens (tertiary/aromatic N) is 1. The highest BCUT2D eigenvalue weighted by Crippen LogP contribution is 2.55. The van der Waals surface area contributed by atoms with Gasteiger partial charge < -0.3 is 19.7 Å². The van der Waals surface area contributed by atoms with Gasteiger partial charge in [0, 0.05) is 29.6 Å². The van der Waals surface area contributed by atoms with Crippen LogP contribution in [0, 0.1) is 17.3 Å². The molecular weight excluding hydrogens is 614 g/mol. The molecule has 9 nitrogen and oxygen atoms in total. The molecule has 1 aliphatic carbocycles. The summed E-state index contributed by atoms with van der Waals surface area (Å²) < 4.78 is 41.5. The summed E-state index contributed by atoms with van der Waals surface area (Å²) in [5.41, 5.74) is 2.17. The Labute approximate surface area is 270 Å². The van der Waals surface area contributed by atoms with E-state index in [1.165, 1.54) is 0 Å². The summed E-state index contributed by atoms with van der Waals surface area (Å²) >= 11 is 6.34. The highest BCUT2D eigenvalue weighted by Gasteiger charge is 2.58. The monoisotopic (exact) mass is 655 g/mol. The van der Waals surface area contributed by atoms with Crippen LogP contribution in [0.15, 0.2) is 48.6 Å². The van der Waals surface area contributed by atoms with Crippen molar-refractivity contribution in [1.82, 2.24) is 10.0 Å². The lowest BCUT2D eigenvalue weighted by atomic mass is 9.54. The van der Waals surface area contributed by atoms with Crippen molar-refractivity contribution in [2.45, 2.75) is 76.8 Å². The third-order valence-corrected chi connectivity index (χ3v) is 12.6. The van der Waals surface area contributed by atoms with Crippen LogP contribution in [0.1, 0.15) is 74.4 Å². The van der Waals surface area contributed by atoms with Crippen molar-refractivity contribution in [3.63, 3.8) is 0 Å². The molecular formula is C34H42ClN3O6S. The molecule has 3 aliphatic heterocycles. The fourth-order valence-corrected chi connectivity index (χ4v) is 8.89. The first-order valence-electron chi connectivity index (χ1n) is 15.9. The predicted octanol–water partition coefficient (Wildman–Crippen LogP) is 6.00. The number of amides is 2. The molecule has 2 N–H and O–H groups in total. The number of anilines is 1. The van der Waals surface area contributed by atoms with Crippen molar-refractivity contribution in [2.75, 3.05) is 24.5 Å². The summed E-state index contributed by atoms with van der Waals surface area (Å²) in [5.74, 6) is -0.291. The molecule has 2 aromatic carbocycles. The van der Waals surface area contributed by atoms with Crippen molar-refractivity contribution >= 4 is 39.3 Å². The number of carbonyl (C=O) groups is 2. The zero-order valence-electron chi connectivity index (χ0n) is 26.1. The van der Waals surface area contributed by atoms with Crippen molar-refractivity contribution in [3.8, 4) is 5.75 Å². The lowest BCUT2D eigenvalue weighted by molar-refractivity contribution is -0.0750. The SMILES string of the molecule is CC1[C@@H](C)C/C=C/[C@]2(CNC(=O)O2)[C@@H]2CCC2(C)CN2CCCCc3cc(Cl)ccc3COc3ccc(cc32)C(=O)NS1(=O)=O. The number of ether oxygens (including phenoxy) is 2. The van der Waals surface area contributed by atoms with Crippen LogP contribution < -0.4 is 19.7 Å². The number of sulfonamides is 1. The van der Waals surface area contributed by atoms with Gasteiger partial charge in [-0.25, -0.2) is 17.9 Å². The Morgan fingerprint density at radius 1 is 1.07 bits per heavy atom. The molecule has 2 amide bonds. The minimum Gasteiger partial charge on any atom is -0.487 e. The van der Waals surface area contributed by atoms with E-state index >= 15 is 0 Å². The quantitative estimate of drug-likeness (QED) is 0.335. The second kappa shape index (κ2) is 12.2. The molecule has 1 spiro atoms. The van der Waals surface area contributed by atoms with Gasteiger partial charge in [0.1, 0.15) is 12.4 Å². The average molecular weight is 656 g/mol. The first-order chi connectivity index (χ1) is 21.4. The van der Waals surface area contributed by atoms with Gasteiger partial charge in [-0.1, -0.05) is 37.6 Å². The van der Waals surface area contributed by atoms with Crippen molar-refractivity contribution in [1.29, 1.82) is 0 Å². The highest BCUT2D eigenvalue weighted by molar-refractivity contribution is 7.90. The largest absolute Gasteiger partial charge is 0.487 e. The van der Waals surface area contributed by atoms with E-state index in [1.54, 1.807) is 25.1 Å². The van der Waals surface area contributed by atoms with Gasteiger partial charge in [0.15, 0.2) is 5.60 Å². The van der Waals surface area contributed by atoms with E-state index in [2.05, 4.69) is 21.9 Å². The number of hydrogen-bond donors (Lipinski definition) is 2. The Bertz CT molecular complexity index is 1630. The lowest BCUT2D eigenvalue weighted by Gasteiger charge is -2.55. The predicted molar refractivity (Wildman–Crippen MR) is 174 cm³/mol. The second-order valence-electron chi connectivity index (χ2n) is 13.5. The van der Waals surface area contributed by atoms with E-state index in [-0.39, 0.29) is 22.8 Å². The summed E-state index contributed by atoms with van der Waals surface area (Å²) in [4.78, 5) is 28.2. The lowest BCUT2D eigenvalue weighted by Crippen LogP contribution is -2.58. The van der Waals surface area contributed by atoms with Crippen LogP contribution in [0.5, 0.6) is 5.75 Å². The van der Waals surface area contributed by atoms with E-state index in [9.17, 15) is 18.0 Å². The number of benzene rings is 2. The fraction of sp³-hybridized carbons (Fsp3) is 0.529. The third kappa shape index (κ3) is 6.28. The minimum absolute atomic E-state index is 0.0463. The molecule has 5 atom stereocenters. The number of alkyl carbamates (subject to hydrolysis) is 1. The molecule has 0 radical (unpaired) electrons. The van der Waals surface area contributed by atoms with E-state index in [1.807, 2.05) is 37.3 Å². The molecule has 4 aliphatic rings. The van der Waals surface area contributed by atoms with E-state index in [0.717, 1.165) is 48.9 Å². The molecule has 1 saturated heterocycles. The highest BCUT2D eigenvalue weighted by atomic mass is 35.5. The Morgan fingerprint density at radius 2 is 1.89 bits per heavy atom. The van der Waals surface area contributed by atoms with E-state index in [4.69, 9.17) is 21.1 Å². The average Bonchev–Trinajstić information content (AvgIpc) is 3.34. The Hall–Kier alpha value is -3.24. The molecule has 45 heavy (non-hydrogen) atoms. The van der Waals surface area contributed by atoms with Gasteiger partial charge in [-0.15, -0.1) is 0 Å². The van der Waals surface area contributed by atoms with Crippen LogP contribution in [0.4, 0.5) is 10.5 Å². The zero-order valence-corrected chi connectivity index (χ0v) is 27.7. The number of carbonyl (C=O) groups excluding carboxylic acids is 2. The van der Waals surface area contributed by atoms with Crippen LogP contribution in [-0.2, 0) is 27.8 Å². The molecule has 2 bridgehead atoms. The molecule has 11 heteroatoms. The normalized spacial score (nSPS) is 32.4. The molecule has 3 heterocycles. The van der Waals surface area contributed by atoms with Crippen molar-refractivity contribution in [3.05, 3.63) is 70.3 Å². The Morgan fingerprint density at radius 3 is 2.62 bits per heavy atom. The number of rotatable bonds is 0. The van der Waals surface area contributed by atoms with Gasteiger partial charge in [0.25, 0.3) is 5.91 Å². The van der Waals surface area contributed by atoms with Crippen LogP contribution in [0.2, 0.25) is 5.02 Å². The molecule has 2 aromatic rings. The smallest absolute Gasteiger partial charge is 0.408 e. The fourth-order valence-electron chi connectivity index (χ4n) is 7.41. The molecule has 2 fully saturated rings. The van der Waals surface area contributed by atoms with E-state index in [0.29, 0.717) is 43.4 Å². The number of allylic oxidation sites excluding steroid dienone is 1. The molecule has 242 valence electrons. The van der Waals surface area contributed by atoms with Crippen molar-refractivity contribution in [2.24, 2.45) is 17.3 Å². The Kier molecular flexibility index (Phi) is 8.58. The third-order valence-electron chi connectivity index (χ3n) is 10.5. The van der Waals surface area contributed by atoms with Gasteiger partial charge in [-0.05, 0) is 104 Å². The van der Waals surface area contributed by atoms with Crippen LogP contribution in [0.25, 0.3) is 0 Å². The number of hydrogen-bond acceptors (Lipinski definition) is 7. The van der Waals surface area contributed by atoms with Crippen LogP contribution in [-0.4, -0.2) is 50.9 Å². The molecule has 6 rings (SSSR count). The topological polar surface area (TPSA) is 114 Å². The van der Waals surface area contributed by atoms with Gasteiger partial charge >= 0.3 is 6.09 Å². The maximum atomic E-state index is 13.4. The summed E-state index contributed by atoms with van der Waals surface area (Å²) in [6.07, 6.45) is 8.45. The van der Waals surface area contributed by atoms with Crippen molar-refractivity contribution < 1.29 is 27.5 Å². The summed E-state index contributed by atoms with van der Waals surface area (Å²) in [5, 5.41) is 2.74.